The van der Waals surface area contributed by atoms with E-state index in [2.05, 4.69) is 31.1 Å². The number of fused-ring (bicyclic) bond motifs is 1. The van der Waals surface area contributed by atoms with Gasteiger partial charge in [-0.05, 0) is 23.8 Å². The summed E-state index contributed by atoms with van der Waals surface area (Å²) in [5, 5.41) is 4.00. The predicted molar refractivity (Wildman–Crippen MR) is 117 cm³/mol. The van der Waals surface area contributed by atoms with Crippen molar-refractivity contribution in [3.8, 4) is 0 Å². The van der Waals surface area contributed by atoms with Gasteiger partial charge in [-0.3, -0.25) is 9.59 Å². The van der Waals surface area contributed by atoms with E-state index in [0.717, 1.165) is 41.8 Å². The van der Waals surface area contributed by atoms with E-state index < -0.39 is 0 Å². The standard InChI is InChI=1S/C23H27N3O2S/c1-4-5-11-29-22-25-20-19(21(28)26-22)17(14-9-7-6-8-10-14)18-15(24-20)12-23(2,3)13-16(18)27/h6-10,17H,4-5,11-13H2,1-3H3,(H2,24,25,26,28)/t17-/m1/s1. The lowest BCUT2D eigenvalue weighted by Gasteiger charge is -2.38. The van der Waals surface area contributed by atoms with Crippen LogP contribution in [0.15, 0.2) is 51.6 Å². The van der Waals surface area contributed by atoms with Gasteiger partial charge in [0, 0.05) is 29.4 Å². The second kappa shape index (κ2) is 7.82. The van der Waals surface area contributed by atoms with Crippen LogP contribution in [0, 0.1) is 5.41 Å². The molecule has 1 aromatic carbocycles. The zero-order chi connectivity index (χ0) is 20.6. The lowest BCUT2D eigenvalue weighted by Crippen LogP contribution is -2.37. The van der Waals surface area contributed by atoms with Gasteiger partial charge in [-0.2, -0.15) is 0 Å². The molecule has 2 heterocycles. The summed E-state index contributed by atoms with van der Waals surface area (Å²) >= 11 is 1.57. The third kappa shape index (κ3) is 3.90. The van der Waals surface area contributed by atoms with Crippen LogP contribution in [0.3, 0.4) is 0 Å². The smallest absolute Gasteiger partial charge is 0.257 e. The number of benzene rings is 1. The van der Waals surface area contributed by atoms with Gasteiger partial charge in [0.2, 0.25) is 0 Å². The van der Waals surface area contributed by atoms with Crippen molar-refractivity contribution in [2.24, 2.45) is 5.41 Å². The second-order valence-corrected chi connectivity index (χ2v) is 9.72. The highest BCUT2D eigenvalue weighted by Gasteiger charge is 2.42. The maximum atomic E-state index is 13.2. The Morgan fingerprint density at radius 1 is 1.17 bits per heavy atom. The van der Waals surface area contributed by atoms with Crippen molar-refractivity contribution in [3.05, 3.63) is 63.1 Å². The quantitative estimate of drug-likeness (QED) is 0.419. The van der Waals surface area contributed by atoms with Gasteiger partial charge in [-0.25, -0.2) is 4.98 Å². The first-order valence-electron chi connectivity index (χ1n) is 10.2. The molecule has 0 unspecified atom stereocenters. The van der Waals surface area contributed by atoms with E-state index in [0.29, 0.717) is 23.0 Å². The van der Waals surface area contributed by atoms with Gasteiger partial charge < -0.3 is 10.3 Å². The summed E-state index contributed by atoms with van der Waals surface area (Å²) in [5.74, 6) is 1.24. The van der Waals surface area contributed by atoms with Crippen LogP contribution in [0.2, 0.25) is 0 Å². The number of Topliss-reactive ketones (excluding diaryl/α,β-unsaturated/α-hetero) is 1. The number of aromatic amines is 1. The lowest BCUT2D eigenvalue weighted by molar-refractivity contribution is -0.118. The molecule has 0 amide bonds. The van der Waals surface area contributed by atoms with Crippen LogP contribution in [0.5, 0.6) is 0 Å². The molecule has 29 heavy (non-hydrogen) atoms. The Labute approximate surface area is 175 Å². The first kappa shape index (κ1) is 20.0. The molecule has 1 aliphatic carbocycles. The van der Waals surface area contributed by atoms with E-state index >= 15 is 0 Å². The van der Waals surface area contributed by atoms with Gasteiger partial charge in [0.1, 0.15) is 5.82 Å². The number of ketones is 1. The van der Waals surface area contributed by atoms with Gasteiger partial charge in [-0.1, -0.05) is 69.3 Å². The fourth-order valence-corrected chi connectivity index (χ4v) is 5.20. The second-order valence-electron chi connectivity index (χ2n) is 8.64. The van der Waals surface area contributed by atoms with Crippen LogP contribution in [-0.2, 0) is 4.79 Å². The number of hydrogen-bond donors (Lipinski definition) is 2. The Hall–Kier alpha value is -2.34. The molecular weight excluding hydrogens is 382 g/mol. The number of thioether (sulfide) groups is 1. The molecule has 0 bridgehead atoms. The van der Waals surface area contributed by atoms with Crippen molar-refractivity contribution >= 4 is 23.4 Å². The van der Waals surface area contributed by atoms with Gasteiger partial charge in [0.25, 0.3) is 5.56 Å². The molecule has 152 valence electrons. The van der Waals surface area contributed by atoms with Crippen LogP contribution in [-0.4, -0.2) is 21.5 Å². The SMILES string of the molecule is CCCCSc1nc2c(c(=O)[nH]1)[C@H](c1ccccc1)C1=C(CC(C)(C)CC1=O)N2. The average molecular weight is 410 g/mol. The van der Waals surface area contributed by atoms with Crippen LogP contribution in [0.25, 0.3) is 0 Å². The van der Waals surface area contributed by atoms with E-state index in [9.17, 15) is 9.59 Å². The minimum Gasteiger partial charge on any atom is -0.343 e. The summed E-state index contributed by atoms with van der Waals surface area (Å²) in [6, 6.07) is 9.82. The molecule has 4 rings (SSSR count). The number of rotatable bonds is 5. The molecule has 6 heteroatoms. The van der Waals surface area contributed by atoms with Crippen molar-refractivity contribution in [1.29, 1.82) is 0 Å². The number of carbonyl (C=O) groups is 1. The number of carbonyl (C=O) groups excluding carboxylic acids is 1. The van der Waals surface area contributed by atoms with E-state index in [4.69, 9.17) is 4.98 Å². The molecule has 0 fully saturated rings. The summed E-state index contributed by atoms with van der Waals surface area (Å²) in [4.78, 5) is 34.0. The maximum Gasteiger partial charge on any atom is 0.257 e. The third-order valence-corrected chi connectivity index (χ3v) is 6.53. The molecule has 0 saturated heterocycles. The number of H-pyrrole nitrogens is 1. The van der Waals surface area contributed by atoms with Crippen molar-refractivity contribution in [1.82, 2.24) is 9.97 Å². The molecule has 0 saturated carbocycles. The van der Waals surface area contributed by atoms with Crippen LogP contribution in [0.1, 0.15) is 63.5 Å². The predicted octanol–water partition coefficient (Wildman–Crippen LogP) is 4.86. The van der Waals surface area contributed by atoms with Crippen molar-refractivity contribution < 1.29 is 4.79 Å². The molecule has 0 spiro atoms. The van der Waals surface area contributed by atoms with Gasteiger partial charge in [0.05, 0.1) is 5.56 Å². The average Bonchev–Trinajstić information content (AvgIpc) is 2.66. The Morgan fingerprint density at radius 2 is 1.93 bits per heavy atom. The number of unbranched alkanes of at least 4 members (excludes halogenated alkanes) is 1. The van der Waals surface area contributed by atoms with Crippen LogP contribution < -0.4 is 10.9 Å². The number of hydrogen-bond acceptors (Lipinski definition) is 5. The zero-order valence-corrected chi connectivity index (χ0v) is 18.0. The van der Waals surface area contributed by atoms with E-state index in [1.54, 1.807) is 11.8 Å². The first-order chi connectivity index (χ1) is 13.9. The number of nitrogens with one attached hydrogen (secondary N) is 2. The van der Waals surface area contributed by atoms with Gasteiger partial charge in [0.15, 0.2) is 10.9 Å². The fourth-order valence-electron chi connectivity index (χ4n) is 4.25. The lowest BCUT2D eigenvalue weighted by atomic mass is 9.69. The summed E-state index contributed by atoms with van der Waals surface area (Å²) in [5.41, 5.74) is 2.86. The molecule has 0 radical (unpaired) electrons. The molecular formula is C23H27N3O2S. The topological polar surface area (TPSA) is 74.8 Å². The summed E-state index contributed by atoms with van der Waals surface area (Å²) in [6.07, 6.45) is 3.43. The first-order valence-corrected chi connectivity index (χ1v) is 11.2. The molecule has 2 N–H and O–H groups in total. The Morgan fingerprint density at radius 3 is 2.66 bits per heavy atom. The largest absolute Gasteiger partial charge is 0.343 e. The Balaban J connectivity index is 1.85. The van der Waals surface area contributed by atoms with Gasteiger partial charge in [-0.15, -0.1) is 0 Å². The van der Waals surface area contributed by atoms with E-state index in [1.807, 2.05) is 30.3 Å². The minimum atomic E-state index is -0.378. The monoisotopic (exact) mass is 409 g/mol. The zero-order valence-electron chi connectivity index (χ0n) is 17.2. The maximum absolute atomic E-state index is 13.2. The Bertz CT molecular complexity index is 1020. The van der Waals surface area contributed by atoms with E-state index in [1.165, 1.54) is 0 Å². The molecule has 2 aliphatic rings. The molecule has 1 aliphatic heterocycles. The highest BCUT2D eigenvalue weighted by Crippen LogP contribution is 2.47. The van der Waals surface area contributed by atoms with Gasteiger partial charge >= 0.3 is 0 Å². The number of anilines is 1. The van der Waals surface area contributed by atoms with Crippen molar-refractivity contribution in [3.63, 3.8) is 0 Å². The number of aromatic nitrogens is 2. The molecule has 1 atom stereocenters. The van der Waals surface area contributed by atoms with Crippen LogP contribution in [0.4, 0.5) is 5.82 Å². The van der Waals surface area contributed by atoms with Crippen LogP contribution >= 0.6 is 11.8 Å². The van der Waals surface area contributed by atoms with Crippen molar-refractivity contribution in [2.75, 3.05) is 11.1 Å². The highest BCUT2D eigenvalue weighted by atomic mass is 32.2. The third-order valence-electron chi connectivity index (χ3n) is 5.57. The van der Waals surface area contributed by atoms with E-state index in [-0.39, 0.29) is 22.7 Å². The number of allylic oxidation sites excluding steroid dienone is 2. The number of nitrogens with zero attached hydrogens (tertiary/aromatic N) is 1. The Kier molecular flexibility index (Phi) is 5.38. The van der Waals surface area contributed by atoms with Crippen molar-refractivity contribution in [2.45, 2.75) is 57.5 Å². The molecule has 2 aromatic rings. The normalized spacial score (nSPS) is 20.1. The summed E-state index contributed by atoms with van der Waals surface area (Å²) < 4.78 is 0. The fraction of sp³-hybridized carbons (Fsp3) is 0.435. The summed E-state index contributed by atoms with van der Waals surface area (Å²) in [7, 11) is 0. The highest BCUT2D eigenvalue weighted by molar-refractivity contribution is 7.99. The summed E-state index contributed by atoms with van der Waals surface area (Å²) in [6.45, 7) is 6.37. The molecule has 1 aromatic heterocycles. The minimum absolute atomic E-state index is 0.110. The molecule has 5 nitrogen and oxygen atoms in total.